The highest BCUT2D eigenvalue weighted by atomic mass is 35.5. The van der Waals surface area contributed by atoms with Crippen LogP contribution in [0.15, 0.2) is 30.3 Å². The predicted octanol–water partition coefficient (Wildman–Crippen LogP) is 4.62. The lowest BCUT2D eigenvalue weighted by molar-refractivity contribution is -0.142. The van der Waals surface area contributed by atoms with Crippen LogP contribution in [-0.2, 0) is 16.0 Å². The molecule has 5 heteroatoms. The van der Waals surface area contributed by atoms with Crippen molar-refractivity contribution in [1.82, 2.24) is 0 Å². The van der Waals surface area contributed by atoms with Gasteiger partial charge in [0.05, 0.1) is 7.11 Å². The van der Waals surface area contributed by atoms with Crippen LogP contribution in [0.25, 0.3) is 0 Å². The van der Waals surface area contributed by atoms with Gasteiger partial charge in [-0.25, -0.2) is 4.79 Å². The van der Waals surface area contributed by atoms with Crippen LogP contribution in [0.2, 0.25) is 5.02 Å². The fourth-order valence-electron chi connectivity index (χ4n) is 2.63. The van der Waals surface area contributed by atoms with E-state index in [9.17, 15) is 9.90 Å². The van der Waals surface area contributed by atoms with E-state index in [0.29, 0.717) is 22.9 Å². The summed E-state index contributed by atoms with van der Waals surface area (Å²) < 4.78 is 9.96. The van der Waals surface area contributed by atoms with Crippen molar-refractivity contribution in [2.75, 3.05) is 13.7 Å². The highest BCUT2D eigenvalue weighted by Gasteiger charge is 2.12. The van der Waals surface area contributed by atoms with Gasteiger partial charge in [-0.1, -0.05) is 37.6 Å². The van der Waals surface area contributed by atoms with Crippen molar-refractivity contribution in [2.45, 2.75) is 33.1 Å². The average Bonchev–Trinajstić information content (AvgIpc) is 2.57. The molecule has 0 saturated heterocycles. The molecule has 25 heavy (non-hydrogen) atoms. The van der Waals surface area contributed by atoms with E-state index in [1.165, 1.54) is 7.11 Å². The summed E-state index contributed by atoms with van der Waals surface area (Å²) in [7, 11) is 1.32. The summed E-state index contributed by atoms with van der Waals surface area (Å²) in [5.41, 5.74) is 3.97. The number of esters is 1. The zero-order valence-corrected chi connectivity index (χ0v) is 15.7. The van der Waals surface area contributed by atoms with Gasteiger partial charge in [0.15, 0.2) is 6.61 Å². The third-order valence-corrected chi connectivity index (χ3v) is 4.41. The molecule has 0 fully saturated rings. The maximum absolute atomic E-state index is 11.2. The maximum atomic E-state index is 11.2. The normalized spacial score (nSPS) is 10.8. The first kappa shape index (κ1) is 19.1. The summed E-state index contributed by atoms with van der Waals surface area (Å²) in [6, 6.07) is 9.20. The summed E-state index contributed by atoms with van der Waals surface area (Å²) in [4.78, 5) is 11.2. The van der Waals surface area contributed by atoms with Crippen molar-refractivity contribution in [1.29, 1.82) is 0 Å². The third kappa shape index (κ3) is 4.89. The van der Waals surface area contributed by atoms with Crippen LogP contribution < -0.4 is 4.74 Å². The predicted molar refractivity (Wildman–Crippen MR) is 98.7 cm³/mol. The van der Waals surface area contributed by atoms with E-state index in [2.05, 4.69) is 4.74 Å². The minimum Gasteiger partial charge on any atom is -0.508 e. The van der Waals surface area contributed by atoms with Crippen LogP contribution in [0, 0.1) is 6.92 Å². The summed E-state index contributed by atoms with van der Waals surface area (Å²) in [6.07, 6.45) is 0.655. The van der Waals surface area contributed by atoms with Gasteiger partial charge in [0, 0.05) is 5.02 Å². The summed E-state index contributed by atoms with van der Waals surface area (Å²) in [6.45, 7) is 5.90. The van der Waals surface area contributed by atoms with Gasteiger partial charge in [0.2, 0.25) is 0 Å². The van der Waals surface area contributed by atoms with Crippen LogP contribution in [0.3, 0.4) is 0 Å². The Labute approximate surface area is 153 Å². The lowest BCUT2D eigenvalue weighted by Gasteiger charge is -2.14. The smallest absolute Gasteiger partial charge is 0.343 e. The number of benzene rings is 2. The maximum Gasteiger partial charge on any atom is 0.343 e. The molecule has 0 unspecified atom stereocenters. The number of carbonyl (C=O) groups is 1. The first-order valence-corrected chi connectivity index (χ1v) is 8.50. The molecule has 0 spiro atoms. The van der Waals surface area contributed by atoms with Crippen LogP contribution in [0.1, 0.15) is 42.0 Å². The van der Waals surface area contributed by atoms with Crippen molar-refractivity contribution in [3.05, 3.63) is 57.6 Å². The number of ether oxygens (including phenoxy) is 2. The molecule has 0 aromatic heterocycles. The van der Waals surface area contributed by atoms with Gasteiger partial charge in [-0.3, -0.25) is 0 Å². The van der Waals surface area contributed by atoms with E-state index < -0.39 is 5.97 Å². The van der Waals surface area contributed by atoms with E-state index >= 15 is 0 Å². The second kappa shape index (κ2) is 8.26. The number of aromatic hydroxyl groups is 1. The van der Waals surface area contributed by atoms with Gasteiger partial charge >= 0.3 is 5.97 Å². The molecule has 0 bridgehead atoms. The lowest BCUT2D eigenvalue weighted by Crippen LogP contribution is -2.12. The Morgan fingerprint density at radius 1 is 1.24 bits per heavy atom. The molecule has 4 nitrogen and oxygen atoms in total. The van der Waals surface area contributed by atoms with Crippen LogP contribution in [-0.4, -0.2) is 24.8 Å². The standard InChI is InChI=1S/C20H23ClO4/c1-12(2)16-8-14(5-6-19(16)22)9-17-13(3)7-15(10-18(17)21)25-11-20(23)24-4/h5-8,10,12,22H,9,11H2,1-4H3. The van der Waals surface area contributed by atoms with Gasteiger partial charge in [-0.2, -0.15) is 0 Å². The number of carbonyl (C=O) groups excluding carboxylic acids is 1. The molecule has 0 aliphatic heterocycles. The molecule has 134 valence electrons. The fourth-order valence-corrected chi connectivity index (χ4v) is 2.95. The number of phenols is 1. The fraction of sp³-hybridized carbons (Fsp3) is 0.350. The van der Waals surface area contributed by atoms with E-state index in [1.54, 1.807) is 12.1 Å². The number of rotatable bonds is 6. The molecular formula is C20H23ClO4. The Bertz CT molecular complexity index is 745. The number of hydrogen-bond acceptors (Lipinski definition) is 4. The zero-order chi connectivity index (χ0) is 18.6. The molecule has 2 rings (SSSR count). The van der Waals surface area contributed by atoms with Gasteiger partial charge in [0.25, 0.3) is 0 Å². The number of hydrogen-bond donors (Lipinski definition) is 1. The Morgan fingerprint density at radius 3 is 2.56 bits per heavy atom. The average molecular weight is 363 g/mol. The van der Waals surface area contributed by atoms with Gasteiger partial charge < -0.3 is 14.6 Å². The topological polar surface area (TPSA) is 55.8 Å². The Balaban J connectivity index is 2.23. The van der Waals surface area contributed by atoms with Crippen molar-refractivity contribution in [3.63, 3.8) is 0 Å². The third-order valence-electron chi connectivity index (χ3n) is 4.07. The van der Waals surface area contributed by atoms with Crippen LogP contribution >= 0.6 is 11.6 Å². The number of methoxy groups -OCH3 is 1. The molecule has 0 saturated carbocycles. The first-order valence-electron chi connectivity index (χ1n) is 8.12. The molecule has 1 N–H and O–H groups in total. The molecule has 0 heterocycles. The molecule has 0 atom stereocenters. The number of aryl methyl sites for hydroxylation is 1. The second-order valence-electron chi connectivity index (χ2n) is 6.29. The lowest BCUT2D eigenvalue weighted by atomic mass is 9.95. The Morgan fingerprint density at radius 2 is 1.96 bits per heavy atom. The van der Waals surface area contributed by atoms with Crippen LogP contribution in [0.5, 0.6) is 11.5 Å². The summed E-state index contributed by atoms with van der Waals surface area (Å²) >= 11 is 6.42. The van der Waals surface area contributed by atoms with E-state index in [4.69, 9.17) is 16.3 Å². The van der Waals surface area contributed by atoms with Gasteiger partial charge in [0.1, 0.15) is 11.5 Å². The van der Waals surface area contributed by atoms with E-state index in [0.717, 1.165) is 22.3 Å². The molecule has 0 aliphatic carbocycles. The van der Waals surface area contributed by atoms with Crippen molar-refractivity contribution < 1.29 is 19.4 Å². The van der Waals surface area contributed by atoms with Crippen molar-refractivity contribution in [2.24, 2.45) is 0 Å². The Kier molecular flexibility index (Phi) is 6.32. The monoisotopic (exact) mass is 362 g/mol. The highest BCUT2D eigenvalue weighted by Crippen LogP contribution is 2.31. The minimum absolute atomic E-state index is 0.151. The zero-order valence-electron chi connectivity index (χ0n) is 14.9. The van der Waals surface area contributed by atoms with Crippen molar-refractivity contribution in [3.8, 4) is 11.5 Å². The van der Waals surface area contributed by atoms with E-state index in [-0.39, 0.29) is 12.5 Å². The second-order valence-corrected chi connectivity index (χ2v) is 6.70. The molecule has 0 aliphatic rings. The molecule has 2 aromatic carbocycles. The summed E-state index contributed by atoms with van der Waals surface area (Å²) in [5, 5.41) is 10.5. The highest BCUT2D eigenvalue weighted by molar-refractivity contribution is 6.31. The molecular weight excluding hydrogens is 340 g/mol. The SMILES string of the molecule is COC(=O)COc1cc(C)c(Cc2ccc(O)c(C(C)C)c2)c(Cl)c1. The number of phenolic OH excluding ortho intramolecular Hbond substituents is 1. The first-order chi connectivity index (χ1) is 11.8. The van der Waals surface area contributed by atoms with Gasteiger partial charge in [-0.05, 0) is 59.7 Å². The van der Waals surface area contributed by atoms with E-state index in [1.807, 2.05) is 39.0 Å². The molecule has 2 aromatic rings. The minimum atomic E-state index is -0.442. The molecule has 0 radical (unpaired) electrons. The summed E-state index contributed by atoms with van der Waals surface area (Å²) in [5.74, 6) is 0.645. The molecule has 0 amide bonds. The Hall–Kier alpha value is -2.20. The quantitative estimate of drug-likeness (QED) is 0.762. The van der Waals surface area contributed by atoms with Gasteiger partial charge in [-0.15, -0.1) is 0 Å². The van der Waals surface area contributed by atoms with Crippen LogP contribution in [0.4, 0.5) is 0 Å². The largest absolute Gasteiger partial charge is 0.508 e. The number of halogens is 1. The van der Waals surface area contributed by atoms with Crippen molar-refractivity contribution >= 4 is 17.6 Å².